The number of H-pyrrole nitrogens is 2. The van der Waals surface area contributed by atoms with Gasteiger partial charge >= 0.3 is 5.97 Å². The molecule has 0 saturated heterocycles. The maximum absolute atomic E-state index is 13.0. The lowest BCUT2D eigenvalue weighted by Gasteiger charge is -2.24. The van der Waals surface area contributed by atoms with Gasteiger partial charge in [-0.1, -0.05) is 18.2 Å². The van der Waals surface area contributed by atoms with Crippen LogP contribution in [0.1, 0.15) is 18.2 Å². The van der Waals surface area contributed by atoms with Crippen LogP contribution in [0.25, 0.3) is 10.9 Å². The van der Waals surface area contributed by atoms with E-state index in [-0.39, 0.29) is 18.6 Å². The summed E-state index contributed by atoms with van der Waals surface area (Å²) in [6.07, 6.45) is 5.01. The molecule has 3 aromatic rings. The molecule has 0 aliphatic carbocycles. The van der Waals surface area contributed by atoms with Gasteiger partial charge in [-0.05, 0) is 18.6 Å². The largest absolute Gasteiger partial charge is 0.480 e. The molecule has 4 unspecified atom stereocenters. The molecule has 1 aromatic carbocycles. The highest BCUT2D eigenvalue weighted by molar-refractivity contribution is 7.80. The molecule has 0 aliphatic rings. The van der Waals surface area contributed by atoms with Crippen LogP contribution in [0.4, 0.5) is 0 Å². The predicted octanol–water partition coefficient (Wildman–Crippen LogP) is -0.508. The first-order valence-electron chi connectivity index (χ1n) is 11.2. The number of nitrogens with two attached hydrogens (primary N) is 1. The quantitative estimate of drug-likeness (QED) is 0.149. The van der Waals surface area contributed by atoms with Crippen LogP contribution >= 0.6 is 12.6 Å². The Hall–Kier alpha value is -3.84. The number of fused-ring (bicyclic) bond motifs is 1. The van der Waals surface area contributed by atoms with E-state index in [2.05, 4.69) is 43.5 Å². The maximum atomic E-state index is 13.0. The topological polar surface area (TPSA) is 195 Å². The summed E-state index contributed by atoms with van der Waals surface area (Å²) in [6, 6.07) is 3.15. The molecule has 0 aliphatic heterocycles. The molecule has 2 aromatic heterocycles. The maximum Gasteiger partial charge on any atom is 0.325 e. The van der Waals surface area contributed by atoms with Crippen molar-refractivity contribution >= 4 is 47.2 Å². The third kappa shape index (κ3) is 6.86. The van der Waals surface area contributed by atoms with Gasteiger partial charge in [0.15, 0.2) is 0 Å². The number of hydrogen-bond donors (Lipinski definition) is 8. The fourth-order valence-corrected chi connectivity index (χ4v) is 3.83. The van der Waals surface area contributed by atoms with E-state index in [0.717, 1.165) is 16.5 Å². The fraction of sp³-hybridized carbons (Fsp3) is 0.348. The van der Waals surface area contributed by atoms with Crippen LogP contribution in [0.3, 0.4) is 0 Å². The summed E-state index contributed by atoms with van der Waals surface area (Å²) in [4.78, 5) is 59.6. The normalized spacial score (nSPS) is 14.4. The highest BCUT2D eigenvalue weighted by Crippen LogP contribution is 2.19. The van der Waals surface area contributed by atoms with Gasteiger partial charge in [0.1, 0.15) is 18.1 Å². The van der Waals surface area contributed by atoms with Gasteiger partial charge in [-0.3, -0.25) is 19.2 Å². The zero-order valence-corrected chi connectivity index (χ0v) is 20.4. The Kier molecular flexibility index (Phi) is 9.08. The smallest absolute Gasteiger partial charge is 0.325 e. The van der Waals surface area contributed by atoms with Crippen molar-refractivity contribution in [1.29, 1.82) is 0 Å². The van der Waals surface area contributed by atoms with Gasteiger partial charge in [-0.2, -0.15) is 12.6 Å². The zero-order valence-electron chi connectivity index (χ0n) is 19.5. The van der Waals surface area contributed by atoms with Gasteiger partial charge < -0.3 is 36.8 Å². The number of hydrogen-bond acceptors (Lipinski definition) is 7. The summed E-state index contributed by atoms with van der Waals surface area (Å²) in [6.45, 7) is 1.32. The highest BCUT2D eigenvalue weighted by Gasteiger charge is 2.29. The van der Waals surface area contributed by atoms with E-state index in [9.17, 15) is 24.3 Å². The van der Waals surface area contributed by atoms with Crippen LogP contribution in [-0.2, 0) is 32.0 Å². The molecule has 0 spiro atoms. The van der Waals surface area contributed by atoms with E-state index in [4.69, 9.17) is 5.73 Å². The standard InChI is InChI=1S/C23H29N7O5S/c1-12(23(34)35)28-21(32)18(6-13-8-26-17-5-3-2-4-15(13)17)29-22(33)19(10-36)30-20(31)16(24)7-14-9-25-11-27-14/h2-5,8-9,11-12,16,18-19,26,36H,6-7,10,24H2,1H3,(H,25,27)(H,28,32)(H,29,33)(H,30,31)(H,34,35). The molecular weight excluding hydrogens is 486 g/mol. The summed E-state index contributed by atoms with van der Waals surface area (Å²) in [5.74, 6) is -3.18. The van der Waals surface area contributed by atoms with Gasteiger partial charge in [0.05, 0.1) is 12.4 Å². The van der Waals surface area contributed by atoms with Crippen molar-refractivity contribution in [2.75, 3.05) is 5.75 Å². The van der Waals surface area contributed by atoms with Crippen LogP contribution in [-0.4, -0.2) is 73.7 Å². The van der Waals surface area contributed by atoms with Crippen LogP contribution < -0.4 is 21.7 Å². The van der Waals surface area contributed by atoms with Gasteiger partial charge in [0.2, 0.25) is 17.7 Å². The summed E-state index contributed by atoms with van der Waals surface area (Å²) >= 11 is 4.17. The Bertz CT molecular complexity index is 1210. The Morgan fingerprint density at radius 1 is 1.03 bits per heavy atom. The SMILES string of the molecule is CC(NC(=O)C(Cc1c[nH]c2ccccc12)NC(=O)C(CS)NC(=O)C(N)Cc1cnc[nH]1)C(=O)O. The summed E-state index contributed by atoms with van der Waals surface area (Å²) in [7, 11) is 0. The second-order valence-electron chi connectivity index (χ2n) is 8.32. The van der Waals surface area contributed by atoms with E-state index >= 15 is 0 Å². The lowest BCUT2D eigenvalue weighted by molar-refractivity contribution is -0.141. The molecule has 4 atom stereocenters. The van der Waals surface area contributed by atoms with Crippen molar-refractivity contribution in [2.24, 2.45) is 5.73 Å². The number of aromatic amines is 2. The fourth-order valence-electron chi connectivity index (χ4n) is 3.58. The van der Waals surface area contributed by atoms with Crippen molar-refractivity contribution in [2.45, 2.75) is 43.9 Å². The average molecular weight is 516 g/mol. The number of amides is 3. The van der Waals surface area contributed by atoms with E-state index in [1.54, 1.807) is 12.4 Å². The van der Waals surface area contributed by atoms with Crippen molar-refractivity contribution < 1.29 is 24.3 Å². The number of para-hydroxylation sites is 1. The number of imidazole rings is 1. The number of aliphatic carboxylic acids is 1. The average Bonchev–Trinajstić information content (AvgIpc) is 3.51. The number of carboxylic acids is 1. The molecule has 0 fully saturated rings. The Morgan fingerprint density at radius 2 is 1.72 bits per heavy atom. The number of rotatable bonds is 12. The van der Waals surface area contributed by atoms with Crippen LogP contribution in [0.2, 0.25) is 0 Å². The first kappa shape index (κ1) is 26.8. The monoisotopic (exact) mass is 515 g/mol. The number of nitrogens with one attached hydrogen (secondary N) is 5. The van der Waals surface area contributed by atoms with E-state index in [1.165, 1.54) is 13.3 Å². The molecule has 36 heavy (non-hydrogen) atoms. The Balaban J connectivity index is 1.73. The molecule has 0 saturated carbocycles. The number of benzene rings is 1. The predicted molar refractivity (Wildman–Crippen MR) is 135 cm³/mol. The first-order chi connectivity index (χ1) is 17.2. The summed E-state index contributed by atoms with van der Waals surface area (Å²) in [5, 5.41) is 17.6. The second kappa shape index (κ2) is 12.2. The van der Waals surface area contributed by atoms with Gasteiger partial charge in [0, 0.05) is 47.6 Å². The minimum absolute atomic E-state index is 0.0543. The van der Waals surface area contributed by atoms with Crippen molar-refractivity contribution in [3.8, 4) is 0 Å². The Labute approximate surface area is 212 Å². The molecule has 3 rings (SSSR count). The van der Waals surface area contributed by atoms with Gasteiger partial charge in [0.25, 0.3) is 0 Å². The van der Waals surface area contributed by atoms with E-state index in [0.29, 0.717) is 5.69 Å². The minimum atomic E-state index is -1.22. The molecule has 0 bridgehead atoms. The van der Waals surface area contributed by atoms with E-state index < -0.39 is 47.9 Å². The second-order valence-corrected chi connectivity index (χ2v) is 8.69. The van der Waals surface area contributed by atoms with Crippen molar-refractivity contribution in [3.63, 3.8) is 0 Å². The van der Waals surface area contributed by atoms with Gasteiger partial charge in [-0.15, -0.1) is 0 Å². The summed E-state index contributed by atoms with van der Waals surface area (Å²) in [5.41, 5.74) is 8.21. The van der Waals surface area contributed by atoms with Gasteiger partial charge in [-0.25, -0.2) is 4.98 Å². The molecule has 2 heterocycles. The molecule has 13 heteroatoms. The molecular formula is C23H29N7O5S. The lowest BCUT2D eigenvalue weighted by Crippen LogP contribution is -2.58. The number of thiol groups is 1. The van der Waals surface area contributed by atoms with Crippen molar-refractivity contribution in [1.82, 2.24) is 30.9 Å². The molecule has 12 nitrogen and oxygen atoms in total. The van der Waals surface area contributed by atoms with E-state index in [1.807, 2.05) is 24.3 Å². The number of nitrogens with zero attached hydrogens (tertiary/aromatic N) is 1. The zero-order chi connectivity index (χ0) is 26.2. The number of aromatic nitrogens is 3. The first-order valence-corrected chi connectivity index (χ1v) is 11.9. The molecule has 0 radical (unpaired) electrons. The molecule has 192 valence electrons. The Morgan fingerprint density at radius 3 is 2.39 bits per heavy atom. The third-order valence-electron chi connectivity index (χ3n) is 5.61. The minimum Gasteiger partial charge on any atom is -0.480 e. The molecule has 8 N–H and O–H groups in total. The number of carbonyl (C=O) groups is 4. The molecule has 3 amide bonds. The van der Waals surface area contributed by atoms with Crippen LogP contribution in [0.5, 0.6) is 0 Å². The highest BCUT2D eigenvalue weighted by atomic mass is 32.1. The number of carbonyl (C=O) groups excluding carboxylic acids is 3. The summed E-state index contributed by atoms with van der Waals surface area (Å²) < 4.78 is 0. The lowest BCUT2D eigenvalue weighted by atomic mass is 10.0. The van der Waals surface area contributed by atoms with Crippen LogP contribution in [0.15, 0.2) is 43.0 Å². The van der Waals surface area contributed by atoms with Crippen LogP contribution in [0, 0.1) is 0 Å². The number of carboxylic acid groups (broad SMARTS) is 1. The van der Waals surface area contributed by atoms with Crippen molar-refractivity contribution in [3.05, 3.63) is 54.2 Å². The third-order valence-corrected chi connectivity index (χ3v) is 5.97.